The first-order valence-electron chi connectivity index (χ1n) is 4.51. The molecular formula is C9H18N2O3. The van der Waals surface area contributed by atoms with Crippen molar-refractivity contribution < 1.29 is 15.3 Å². The van der Waals surface area contributed by atoms with E-state index in [2.05, 4.69) is 10.2 Å². The number of aliphatic hydroxyl groups excluding tert-OH is 3. The molecule has 0 aliphatic rings. The van der Waals surface area contributed by atoms with Crippen LogP contribution in [0.4, 0.5) is 0 Å². The van der Waals surface area contributed by atoms with E-state index in [-0.39, 0.29) is 19.8 Å². The zero-order valence-corrected chi connectivity index (χ0v) is 8.35. The Morgan fingerprint density at radius 2 is 1.79 bits per heavy atom. The van der Waals surface area contributed by atoms with E-state index in [1.807, 2.05) is 13.0 Å². The minimum absolute atomic E-state index is 0.156. The summed E-state index contributed by atoms with van der Waals surface area (Å²) < 4.78 is 0. The summed E-state index contributed by atoms with van der Waals surface area (Å²) in [7, 11) is 0. The Morgan fingerprint density at radius 1 is 1.21 bits per heavy atom. The summed E-state index contributed by atoms with van der Waals surface area (Å²) in [5.74, 6) is 0. The summed E-state index contributed by atoms with van der Waals surface area (Å²) in [5.41, 5.74) is -0.667. The highest BCUT2D eigenvalue weighted by molar-refractivity contribution is 4.74. The second kappa shape index (κ2) is 7.49. The van der Waals surface area contributed by atoms with Gasteiger partial charge >= 0.3 is 0 Å². The lowest BCUT2D eigenvalue weighted by Crippen LogP contribution is -2.32. The van der Waals surface area contributed by atoms with Gasteiger partial charge < -0.3 is 15.3 Å². The van der Waals surface area contributed by atoms with E-state index < -0.39 is 5.41 Å². The number of hydrogen-bond donors (Lipinski definition) is 4. The van der Waals surface area contributed by atoms with Crippen molar-refractivity contribution >= 4 is 0 Å². The van der Waals surface area contributed by atoms with Crippen LogP contribution in [0.3, 0.4) is 0 Å². The second-order valence-corrected chi connectivity index (χ2v) is 3.09. The van der Waals surface area contributed by atoms with Crippen molar-refractivity contribution in [2.45, 2.75) is 13.3 Å². The number of H-pyrrole nitrogens is 1. The highest BCUT2D eigenvalue weighted by Gasteiger charge is 2.24. The molecule has 0 saturated heterocycles. The Kier molecular flexibility index (Phi) is 7.00. The molecule has 1 aromatic rings. The van der Waals surface area contributed by atoms with Crippen LogP contribution in [0.2, 0.25) is 0 Å². The third-order valence-corrected chi connectivity index (χ3v) is 2.16. The van der Waals surface area contributed by atoms with Gasteiger partial charge in [0, 0.05) is 17.8 Å². The molecule has 4 N–H and O–H groups in total. The summed E-state index contributed by atoms with van der Waals surface area (Å²) in [4.78, 5) is 0. The topological polar surface area (TPSA) is 89.4 Å². The molecule has 0 aliphatic carbocycles. The summed E-state index contributed by atoms with van der Waals surface area (Å²) >= 11 is 0. The number of aliphatic hydroxyl groups is 3. The molecule has 0 radical (unpaired) electrons. The average molecular weight is 202 g/mol. The van der Waals surface area contributed by atoms with Crippen molar-refractivity contribution in [3.63, 3.8) is 0 Å². The van der Waals surface area contributed by atoms with Crippen molar-refractivity contribution in [1.82, 2.24) is 10.2 Å². The first-order chi connectivity index (χ1) is 6.74. The third kappa shape index (κ3) is 4.36. The molecule has 1 aromatic heterocycles. The Labute approximate surface area is 83.4 Å². The Morgan fingerprint density at radius 3 is 1.86 bits per heavy atom. The van der Waals surface area contributed by atoms with E-state index in [1.54, 1.807) is 12.4 Å². The lowest BCUT2D eigenvalue weighted by atomic mass is 9.88. The molecule has 0 atom stereocenters. The van der Waals surface area contributed by atoms with Crippen molar-refractivity contribution in [1.29, 1.82) is 0 Å². The maximum absolute atomic E-state index is 8.66. The predicted molar refractivity (Wildman–Crippen MR) is 52.6 cm³/mol. The smallest absolute Gasteiger partial charge is 0.0531 e. The van der Waals surface area contributed by atoms with Gasteiger partial charge in [0.1, 0.15) is 0 Å². The molecule has 0 spiro atoms. The normalized spacial score (nSPS) is 10.6. The Bertz CT molecular complexity index is 163. The number of aromatic amines is 1. The van der Waals surface area contributed by atoms with E-state index in [0.717, 1.165) is 0 Å². The van der Waals surface area contributed by atoms with E-state index in [9.17, 15) is 0 Å². The molecule has 82 valence electrons. The minimum atomic E-state index is -0.667. The van der Waals surface area contributed by atoms with E-state index in [4.69, 9.17) is 15.3 Å². The number of nitrogens with one attached hydrogen (secondary N) is 1. The van der Waals surface area contributed by atoms with Gasteiger partial charge in [-0.25, -0.2) is 0 Å². The quantitative estimate of drug-likeness (QED) is 0.543. The van der Waals surface area contributed by atoms with Crippen LogP contribution in [0.1, 0.15) is 13.3 Å². The lowest BCUT2D eigenvalue weighted by Gasteiger charge is -2.24. The Balaban J connectivity index is 0.000000280. The van der Waals surface area contributed by atoms with Crippen molar-refractivity contribution in [2.24, 2.45) is 5.41 Å². The summed E-state index contributed by atoms with van der Waals surface area (Å²) in [6, 6.07) is 1.83. The molecule has 0 amide bonds. The SMILES string of the molecule is CCC(CO)(CO)CO.c1cn[nH]c1. The molecule has 0 saturated carbocycles. The average Bonchev–Trinajstić information content (AvgIpc) is 2.80. The fourth-order valence-electron chi connectivity index (χ4n) is 0.701. The van der Waals surface area contributed by atoms with Crippen LogP contribution in [0.25, 0.3) is 0 Å². The summed E-state index contributed by atoms with van der Waals surface area (Å²) in [6.45, 7) is 1.35. The van der Waals surface area contributed by atoms with Crippen LogP contribution in [-0.4, -0.2) is 45.3 Å². The number of rotatable bonds is 4. The molecule has 1 rings (SSSR count). The van der Waals surface area contributed by atoms with Gasteiger partial charge in [0.25, 0.3) is 0 Å². The summed E-state index contributed by atoms with van der Waals surface area (Å²) in [5, 5.41) is 32.2. The van der Waals surface area contributed by atoms with Crippen LogP contribution in [0, 0.1) is 5.41 Å². The van der Waals surface area contributed by atoms with Gasteiger partial charge in [0.15, 0.2) is 0 Å². The van der Waals surface area contributed by atoms with E-state index in [1.165, 1.54) is 0 Å². The van der Waals surface area contributed by atoms with Crippen molar-refractivity contribution in [3.8, 4) is 0 Å². The van der Waals surface area contributed by atoms with Crippen LogP contribution < -0.4 is 0 Å². The first kappa shape index (κ1) is 13.1. The molecule has 5 nitrogen and oxygen atoms in total. The van der Waals surface area contributed by atoms with Crippen LogP contribution in [0.15, 0.2) is 18.5 Å². The molecule has 0 fully saturated rings. The van der Waals surface area contributed by atoms with Gasteiger partial charge in [-0.3, -0.25) is 5.10 Å². The van der Waals surface area contributed by atoms with Gasteiger partial charge in [-0.15, -0.1) is 0 Å². The lowest BCUT2D eigenvalue weighted by molar-refractivity contribution is 0.00304. The largest absolute Gasteiger partial charge is 0.396 e. The molecule has 0 aromatic carbocycles. The van der Waals surface area contributed by atoms with Gasteiger partial charge in [-0.2, -0.15) is 5.10 Å². The number of aromatic nitrogens is 2. The molecule has 0 bridgehead atoms. The standard InChI is InChI=1S/C6H14O3.C3H4N2/c1-2-6(3-7,4-8)5-9;1-2-4-5-3-1/h7-9H,2-5H2,1H3;1-3H,(H,4,5). The molecule has 0 unspecified atom stereocenters. The minimum Gasteiger partial charge on any atom is -0.396 e. The molecule has 0 aliphatic heterocycles. The highest BCUT2D eigenvalue weighted by atomic mass is 16.3. The molecular weight excluding hydrogens is 184 g/mol. The van der Waals surface area contributed by atoms with Gasteiger partial charge in [0.05, 0.1) is 19.8 Å². The zero-order chi connectivity index (χ0) is 10.9. The second-order valence-electron chi connectivity index (χ2n) is 3.09. The maximum Gasteiger partial charge on any atom is 0.0531 e. The Hall–Kier alpha value is -0.910. The van der Waals surface area contributed by atoms with Crippen LogP contribution >= 0.6 is 0 Å². The zero-order valence-electron chi connectivity index (χ0n) is 8.35. The highest BCUT2D eigenvalue weighted by Crippen LogP contribution is 2.18. The summed E-state index contributed by atoms with van der Waals surface area (Å²) in [6.07, 6.45) is 4.05. The van der Waals surface area contributed by atoms with Crippen molar-refractivity contribution in [3.05, 3.63) is 18.5 Å². The monoisotopic (exact) mass is 202 g/mol. The van der Waals surface area contributed by atoms with E-state index in [0.29, 0.717) is 6.42 Å². The van der Waals surface area contributed by atoms with Crippen LogP contribution in [0.5, 0.6) is 0 Å². The van der Waals surface area contributed by atoms with Gasteiger partial charge in [0.2, 0.25) is 0 Å². The van der Waals surface area contributed by atoms with Gasteiger partial charge in [-0.05, 0) is 12.5 Å². The maximum atomic E-state index is 8.66. The van der Waals surface area contributed by atoms with Crippen LogP contribution in [-0.2, 0) is 0 Å². The number of nitrogens with zero attached hydrogens (tertiary/aromatic N) is 1. The number of hydrogen-bond acceptors (Lipinski definition) is 4. The fraction of sp³-hybridized carbons (Fsp3) is 0.667. The predicted octanol–water partition coefficient (Wildman–Crippen LogP) is -0.231. The first-order valence-corrected chi connectivity index (χ1v) is 4.51. The molecule has 5 heteroatoms. The molecule has 14 heavy (non-hydrogen) atoms. The van der Waals surface area contributed by atoms with E-state index >= 15 is 0 Å². The molecule has 1 heterocycles. The van der Waals surface area contributed by atoms with Gasteiger partial charge in [-0.1, -0.05) is 6.92 Å². The third-order valence-electron chi connectivity index (χ3n) is 2.16. The van der Waals surface area contributed by atoms with Crippen molar-refractivity contribution in [2.75, 3.05) is 19.8 Å². The fourth-order valence-corrected chi connectivity index (χ4v) is 0.701.